The maximum atomic E-state index is 12.3. The number of aryl methyl sites for hydroxylation is 1. The minimum Gasteiger partial charge on any atom is -0.465 e. The molecular formula is C18H19N3O2S. The topological polar surface area (TPSA) is 50.8 Å². The Kier molecular flexibility index (Phi) is 4.16. The molecule has 0 saturated carbocycles. The van der Waals surface area contributed by atoms with Crippen molar-refractivity contribution in [1.82, 2.24) is 14.3 Å². The first-order chi connectivity index (χ1) is 11.7. The van der Waals surface area contributed by atoms with Gasteiger partial charge in [0.1, 0.15) is 17.2 Å². The van der Waals surface area contributed by atoms with Crippen molar-refractivity contribution >= 4 is 17.4 Å². The van der Waals surface area contributed by atoms with Gasteiger partial charge in [0.2, 0.25) is 0 Å². The molecular weight excluding hydrogens is 322 g/mol. The Balaban J connectivity index is 1.64. The highest BCUT2D eigenvalue weighted by Gasteiger charge is 2.27. The Morgan fingerprint density at radius 3 is 3.08 bits per heavy atom. The molecule has 5 nitrogen and oxygen atoms in total. The zero-order valence-corrected chi connectivity index (χ0v) is 14.3. The summed E-state index contributed by atoms with van der Waals surface area (Å²) in [6.45, 7) is 3.59. The Morgan fingerprint density at radius 1 is 1.33 bits per heavy atom. The highest BCUT2D eigenvalue weighted by molar-refractivity contribution is 7.99. The van der Waals surface area contributed by atoms with Crippen molar-refractivity contribution in [3.8, 4) is 0 Å². The molecule has 1 saturated heterocycles. The largest absolute Gasteiger partial charge is 0.465 e. The molecule has 1 fully saturated rings. The van der Waals surface area contributed by atoms with Crippen molar-refractivity contribution < 1.29 is 4.42 Å². The van der Waals surface area contributed by atoms with Crippen LogP contribution in [0.25, 0.3) is 5.65 Å². The molecule has 0 N–H and O–H groups in total. The fraction of sp³-hybridized carbons (Fsp3) is 0.333. The van der Waals surface area contributed by atoms with E-state index >= 15 is 0 Å². The van der Waals surface area contributed by atoms with Gasteiger partial charge in [-0.15, -0.1) is 0 Å². The van der Waals surface area contributed by atoms with E-state index in [2.05, 4.69) is 16.0 Å². The summed E-state index contributed by atoms with van der Waals surface area (Å²) >= 11 is 1.94. The van der Waals surface area contributed by atoms with Gasteiger partial charge < -0.3 is 4.42 Å². The predicted molar refractivity (Wildman–Crippen MR) is 95.4 cm³/mol. The van der Waals surface area contributed by atoms with Crippen LogP contribution in [0, 0.1) is 6.92 Å². The minimum atomic E-state index is -0.0348. The van der Waals surface area contributed by atoms with E-state index in [4.69, 9.17) is 4.42 Å². The highest BCUT2D eigenvalue weighted by atomic mass is 32.2. The van der Waals surface area contributed by atoms with Gasteiger partial charge in [-0.05, 0) is 31.2 Å². The first-order valence-corrected chi connectivity index (χ1v) is 9.21. The number of fused-ring (bicyclic) bond motifs is 1. The van der Waals surface area contributed by atoms with Gasteiger partial charge >= 0.3 is 0 Å². The number of pyridine rings is 1. The lowest BCUT2D eigenvalue weighted by Gasteiger charge is -2.33. The number of hydrogen-bond acceptors (Lipinski definition) is 5. The van der Waals surface area contributed by atoms with E-state index in [1.54, 1.807) is 16.7 Å². The van der Waals surface area contributed by atoms with Crippen LogP contribution in [0.2, 0.25) is 0 Å². The predicted octanol–water partition coefficient (Wildman–Crippen LogP) is 2.89. The van der Waals surface area contributed by atoms with Crippen molar-refractivity contribution in [3.05, 3.63) is 70.2 Å². The monoisotopic (exact) mass is 341 g/mol. The van der Waals surface area contributed by atoms with E-state index in [1.165, 1.54) is 0 Å². The first-order valence-electron chi connectivity index (χ1n) is 8.06. The van der Waals surface area contributed by atoms with Crippen LogP contribution in [0.1, 0.15) is 23.3 Å². The van der Waals surface area contributed by atoms with Crippen LogP contribution in [-0.4, -0.2) is 32.3 Å². The van der Waals surface area contributed by atoms with Crippen molar-refractivity contribution in [2.24, 2.45) is 0 Å². The molecule has 3 aromatic heterocycles. The number of aromatic nitrogens is 2. The zero-order valence-electron chi connectivity index (χ0n) is 13.5. The fourth-order valence-electron chi connectivity index (χ4n) is 3.11. The lowest BCUT2D eigenvalue weighted by atomic mass is 10.2. The lowest BCUT2D eigenvalue weighted by Crippen LogP contribution is -2.36. The number of thioether (sulfide) groups is 1. The second-order valence-electron chi connectivity index (χ2n) is 6.02. The number of hydrogen-bond donors (Lipinski definition) is 0. The van der Waals surface area contributed by atoms with Crippen molar-refractivity contribution in [2.75, 3.05) is 18.1 Å². The molecule has 3 aromatic rings. The maximum Gasteiger partial charge on any atom is 0.258 e. The van der Waals surface area contributed by atoms with Crippen LogP contribution >= 0.6 is 11.8 Å². The molecule has 0 radical (unpaired) electrons. The summed E-state index contributed by atoms with van der Waals surface area (Å²) in [6, 6.07) is 11.5. The van der Waals surface area contributed by atoms with E-state index in [-0.39, 0.29) is 11.6 Å². The molecule has 0 spiro atoms. The molecule has 0 bridgehead atoms. The molecule has 0 amide bonds. The molecule has 0 aromatic carbocycles. The summed E-state index contributed by atoms with van der Waals surface area (Å²) in [5.41, 5.74) is 1.47. The molecule has 24 heavy (non-hydrogen) atoms. The molecule has 4 heterocycles. The second-order valence-corrected chi connectivity index (χ2v) is 7.17. The quantitative estimate of drug-likeness (QED) is 0.733. The van der Waals surface area contributed by atoms with Gasteiger partial charge in [-0.1, -0.05) is 6.07 Å². The molecule has 0 unspecified atom stereocenters. The number of nitrogens with zero attached hydrogens (tertiary/aromatic N) is 3. The summed E-state index contributed by atoms with van der Waals surface area (Å²) < 4.78 is 7.42. The smallest absolute Gasteiger partial charge is 0.258 e. The Morgan fingerprint density at radius 2 is 2.25 bits per heavy atom. The molecule has 6 heteroatoms. The minimum absolute atomic E-state index is 0.0348. The van der Waals surface area contributed by atoms with Gasteiger partial charge in [0.25, 0.3) is 5.56 Å². The van der Waals surface area contributed by atoms with Crippen LogP contribution in [0.15, 0.2) is 51.8 Å². The van der Waals surface area contributed by atoms with E-state index in [0.29, 0.717) is 12.2 Å². The molecule has 1 aliphatic rings. The van der Waals surface area contributed by atoms with Crippen LogP contribution in [-0.2, 0) is 6.54 Å². The summed E-state index contributed by atoms with van der Waals surface area (Å²) in [5.74, 6) is 4.02. The van der Waals surface area contributed by atoms with Gasteiger partial charge in [-0.2, -0.15) is 11.8 Å². The average molecular weight is 341 g/mol. The standard InChI is InChI=1S/C18H19N3O2S/c1-13-5-6-16(23-13)15-12-24-9-8-20(15)11-14-10-18(22)21-7-3-2-4-17(21)19-14/h2-7,10,15H,8-9,11-12H2,1H3/t15-/m1/s1. The zero-order chi connectivity index (χ0) is 16.5. The van der Waals surface area contributed by atoms with Crippen LogP contribution in [0.4, 0.5) is 0 Å². The van der Waals surface area contributed by atoms with Crippen LogP contribution < -0.4 is 5.56 Å². The number of furan rings is 1. The van der Waals surface area contributed by atoms with Gasteiger partial charge in [0.05, 0.1) is 11.7 Å². The van der Waals surface area contributed by atoms with Gasteiger partial charge in [0.15, 0.2) is 0 Å². The van der Waals surface area contributed by atoms with Crippen molar-refractivity contribution in [2.45, 2.75) is 19.5 Å². The fourth-order valence-corrected chi connectivity index (χ4v) is 4.24. The van der Waals surface area contributed by atoms with Gasteiger partial charge in [-0.3, -0.25) is 14.1 Å². The summed E-state index contributed by atoms with van der Waals surface area (Å²) in [5, 5.41) is 0. The summed E-state index contributed by atoms with van der Waals surface area (Å²) in [6.07, 6.45) is 1.75. The normalized spacial score (nSPS) is 19.0. The molecule has 4 rings (SSSR count). The Bertz CT molecular complexity index is 918. The highest BCUT2D eigenvalue weighted by Crippen LogP contribution is 2.31. The summed E-state index contributed by atoms with van der Waals surface area (Å²) in [7, 11) is 0. The third-order valence-corrected chi connectivity index (χ3v) is 5.34. The van der Waals surface area contributed by atoms with Crippen LogP contribution in [0.5, 0.6) is 0 Å². The molecule has 1 atom stereocenters. The Hall–Kier alpha value is -2.05. The molecule has 124 valence electrons. The molecule has 1 aliphatic heterocycles. The van der Waals surface area contributed by atoms with Gasteiger partial charge in [0, 0.05) is 36.9 Å². The van der Waals surface area contributed by atoms with E-state index in [1.807, 2.05) is 43.0 Å². The van der Waals surface area contributed by atoms with Crippen molar-refractivity contribution in [1.29, 1.82) is 0 Å². The third-order valence-electron chi connectivity index (χ3n) is 4.32. The number of rotatable bonds is 3. The maximum absolute atomic E-state index is 12.3. The lowest BCUT2D eigenvalue weighted by molar-refractivity contribution is 0.185. The van der Waals surface area contributed by atoms with Crippen LogP contribution in [0.3, 0.4) is 0 Å². The third kappa shape index (κ3) is 2.99. The van der Waals surface area contributed by atoms with Gasteiger partial charge in [-0.25, -0.2) is 4.98 Å². The van der Waals surface area contributed by atoms with E-state index in [9.17, 15) is 4.79 Å². The Labute approximate surface area is 144 Å². The average Bonchev–Trinajstić information content (AvgIpc) is 3.02. The van der Waals surface area contributed by atoms with Crippen molar-refractivity contribution in [3.63, 3.8) is 0 Å². The summed E-state index contributed by atoms with van der Waals surface area (Å²) in [4.78, 5) is 19.3. The second kappa shape index (κ2) is 6.45. The SMILES string of the molecule is Cc1ccc([C@H]2CSCCN2Cc2cc(=O)n3ccccc3n2)o1. The molecule has 0 aliphatic carbocycles. The van der Waals surface area contributed by atoms with E-state index < -0.39 is 0 Å². The first kappa shape index (κ1) is 15.5. The van der Waals surface area contributed by atoms with E-state index in [0.717, 1.165) is 35.3 Å².